The van der Waals surface area contributed by atoms with Gasteiger partial charge in [0.05, 0.1) is 12.7 Å². The van der Waals surface area contributed by atoms with Crippen LogP contribution in [0.2, 0.25) is 0 Å². The summed E-state index contributed by atoms with van der Waals surface area (Å²) in [6.45, 7) is 7.68. The number of carbonyl (C=O) groups is 3. The summed E-state index contributed by atoms with van der Waals surface area (Å²) in [4.78, 5) is 40.5. The third-order valence-corrected chi connectivity index (χ3v) is 5.09. The minimum Gasteiger partial charge on any atom is -0.355 e. The smallest absolute Gasteiger partial charge is 0.251 e. The molecule has 0 aliphatic carbocycles. The highest BCUT2D eigenvalue weighted by molar-refractivity contribution is 6.04. The topological polar surface area (TPSA) is 83.5 Å². The van der Waals surface area contributed by atoms with Gasteiger partial charge in [0.15, 0.2) is 11.8 Å². The molecule has 0 saturated carbocycles. The molecule has 6 heteroatoms. The van der Waals surface area contributed by atoms with Crippen molar-refractivity contribution in [1.29, 1.82) is 0 Å². The Morgan fingerprint density at radius 2 is 1.74 bits per heavy atom. The highest BCUT2D eigenvalue weighted by Crippen LogP contribution is 2.19. The predicted octanol–water partition coefficient (Wildman–Crippen LogP) is 1.48. The molecule has 0 radical (unpaired) electrons. The lowest BCUT2D eigenvalue weighted by Crippen LogP contribution is -3.12. The molecule has 2 aromatic rings. The molecule has 1 amide bonds. The first-order valence-corrected chi connectivity index (χ1v) is 9.05. The molecule has 1 aromatic heterocycles. The van der Waals surface area contributed by atoms with Gasteiger partial charge in [-0.25, -0.2) is 0 Å². The average Bonchev–Trinajstić information content (AvgIpc) is 2.94. The molecule has 0 bridgehead atoms. The Morgan fingerprint density at radius 1 is 1.15 bits per heavy atom. The van der Waals surface area contributed by atoms with Gasteiger partial charge < -0.3 is 15.2 Å². The quantitative estimate of drug-likeness (QED) is 0.646. The third kappa shape index (κ3) is 4.34. The number of ketones is 2. The lowest BCUT2D eigenvalue weighted by atomic mass is 10.0. The summed E-state index contributed by atoms with van der Waals surface area (Å²) >= 11 is 0. The monoisotopic (exact) mass is 370 g/mol. The summed E-state index contributed by atoms with van der Waals surface area (Å²) in [6, 6.07) is 7.10. The van der Waals surface area contributed by atoms with E-state index in [1.165, 1.54) is 6.92 Å². The molecule has 144 valence electrons. The van der Waals surface area contributed by atoms with Crippen LogP contribution in [0, 0.1) is 13.8 Å². The van der Waals surface area contributed by atoms with E-state index < -0.39 is 0 Å². The summed E-state index contributed by atoms with van der Waals surface area (Å²) in [5.41, 5.74) is 4.23. The van der Waals surface area contributed by atoms with E-state index in [9.17, 15) is 14.4 Å². The van der Waals surface area contributed by atoms with Gasteiger partial charge in [0.25, 0.3) is 5.91 Å². The van der Waals surface area contributed by atoms with E-state index in [-0.39, 0.29) is 23.5 Å². The van der Waals surface area contributed by atoms with Crippen LogP contribution in [0.5, 0.6) is 0 Å². The Labute approximate surface area is 160 Å². The number of aromatic amines is 1. The Balaban J connectivity index is 2.14. The van der Waals surface area contributed by atoms with E-state index >= 15 is 0 Å². The molecule has 0 aliphatic heterocycles. The zero-order chi connectivity index (χ0) is 20.3. The van der Waals surface area contributed by atoms with Crippen molar-refractivity contribution in [3.63, 3.8) is 0 Å². The lowest BCUT2D eigenvalue weighted by Gasteiger charge is -2.21. The maximum atomic E-state index is 13.0. The number of quaternary nitrogens is 1. The third-order valence-electron chi connectivity index (χ3n) is 5.09. The van der Waals surface area contributed by atoms with Crippen LogP contribution in [0.25, 0.3) is 0 Å². The van der Waals surface area contributed by atoms with Crippen LogP contribution in [0.1, 0.15) is 61.9 Å². The first-order chi connectivity index (χ1) is 12.7. The second kappa shape index (κ2) is 8.31. The molecule has 27 heavy (non-hydrogen) atoms. The molecule has 2 rings (SSSR count). The van der Waals surface area contributed by atoms with Gasteiger partial charge in [0.1, 0.15) is 6.54 Å². The molecule has 0 saturated heterocycles. The first-order valence-electron chi connectivity index (χ1n) is 9.05. The molecular weight excluding hydrogens is 342 g/mol. The molecule has 0 fully saturated rings. The van der Waals surface area contributed by atoms with E-state index in [0.29, 0.717) is 23.4 Å². The second-order valence-corrected chi connectivity index (χ2v) is 7.07. The van der Waals surface area contributed by atoms with E-state index in [2.05, 4.69) is 10.3 Å². The molecule has 1 unspecified atom stereocenters. The van der Waals surface area contributed by atoms with Crippen molar-refractivity contribution in [3.8, 4) is 0 Å². The standard InChI is InChI=1S/C21H27N3O3/c1-12-18(15(4)25)13(2)23-19(12)20(26)14(3)24(6)11-16-7-9-17(10-8-16)21(27)22-5/h7-10,14,23H,11H2,1-6H3,(H,22,27)/p+1/t14-/m0/s1. The first kappa shape index (κ1) is 20.6. The number of amides is 1. The summed E-state index contributed by atoms with van der Waals surface area (Å²) in [6.07, 6.45) is 0. The van der Waals surface area contributed by atoms with Crippen LogP contribution in [0.3, 0.4) is 0 Å². The number of rotatable bonds is 7. The van der Waals surface area contributed by atoms with Crippen LogP contribution in [0.15, 0.2) is 24.3 Å². The highest BCUT2D eigenvalue weighted by Gasteiger charge is 2.28. The van der Waals surface area contributed by atoms with Crippen molar-refractivity contribution in [2.45, 2.75) is 40.3 Å². The van der Waals surface area contributed by atoms with Gasteiger partial charge >= 0.3 is 0 Å². The zero-order valence-corrected chi connectivity index (χ0v) is 16.8. The molecule has 0 spiro atoms. The van der Waals surface area contributed by atoms with E-state index in [4.69, 9.17) is 0 Å². The van der Waals surface area contributed by atoms with Crippen molar-refractivity contribution in [2.24, 2.45) is 0 Å². The number of nitrogens with one attached hydrogen (secondary N) is 3. The number of likely N-dealkylation sites (N-methyl/N-ethyl adjacent to an activating group) is 1. The van der Waals surface area contributed by atoms with E-state index in [0.717, 1.165) is 21.7 Å². The summed E-state index contributed by atoms with van der Waals surface area (Å²) in [7, 11) is 3.57. The maximum Gasteiger partial charge on any atom is 0.251 e. The number of H-pyrrole nitrogens is 1. The van der Waals surface area contributed by atoms with Gasteiger partial charge in [-0.2, -0.15) is 0 Å². The average molecular weight is 370 g/mol. The van der Waals surface area contributed by atoms with Crippen molar-refractivity contribution in [3.05, 3.63) is 57.9 Å². The molecule has 0 aliphatic rings. The Morgan fingerprint density at radius 3 is 2.22 bits per heavy atom. The largest absolute Gasteiger partial charge is 0.355 e. The molecule has 6 nitrogen and oxygen atoms in total. The van der Waals surface area contributed by atoms with Gasteiger partial charge in [-0.1, -0.05) is 12.1 Å². The van der Waals surface area contributed by atoms with Gasteiger partial charge in [-0.3, -0.25) is 14.4 Å². The lowest BCUT2D eigenvalue weighted by molar-refractivity contribution is -0.907. The van der Waals surface area contributed by atoms with Crippen molar-refractivity contribution < 1.29 is 19.3 Å². The summed E-state index contributed by atoms with van der Waals surface area (Å²) in [5.74, 6) is -0.169. The number of benzene rings is 1. The van der Waals surface area contributed by atoms with Crippen LogP contribution in [-0.2, 0) is 6.54 Å². The predicted molar refractivity (Wildman–Crippen MR) is 104 cm³/mol. The van der Waals surface area contributed by atoms with Crippen molar-refractivity contribution >= 4 is 17.5 Å². The van der Waals surface area contributed by atoms with Crippen molar-refractivity contribution in [2.75, 3.05) is 14.1 Å². The molecule has 1 heterocycles. The molecule has 2 atom stereocenters. The maximum absolute atomic E-state index is 13.0. The zero-order valence-electron chi connectivity index (χ0n) is 16.8. The number of Topliss-reactive ketones (excluding diaryl/α,β-unsaturated/α-hetero) is 2. The Hall–Kier alpha value is -2.73. The number of hydrogen-bond donors (Lipinski definition) is 3. The molecule has 1 aromatic carbocycles. The van der Waals surface area contributed by atoms with E-state index in [1.807, 2.05) is 40.0 Å². The fraction of sp³-hybridized carbons (Fsp3) is 0.381. The number of aryl methyl sites for hydroxylation is 1. The SMILES string of the molecule is CNC(=O)c1ccc(C[NH+](C)[C@@H](C)C(=O)c2[nH]c(C)c(C(C)=O)c2C)cc1. The van der Waals surface area contributed by atoms with Gasteiger partial charge in [0, 0.05) is 29.4 Å². The Kier molecular flexibility index (Phi) is 6.33. The van der Waals surface area contributed by atoms with Crippen LogP contribution in [0.4, 0.5) is 0 Å². The Bertz CT molecular complexity index is 866. The minimum absolute atomic E-state index is 0.0115. The molecular formula is C21H28N3O3+. The van der Waals surface area contributed by atoms with Gasteiger partial charge in [-0.15, -0.1) is 0 Å². The fourth-order valence-electron chi connectivity index (χ4n) is 3.36. The van der Waals surface area contributed by atoms with E-state index in [1.54, 1.807) is 19.2 Å². The summed E-state index contributed by atoms with van der Waals surface area (Å²) in [5, 5.41) is 2.60. The number of hydrogen-bond acceptors (Lipinski definition) is 3. The highest BCUT2D eigenvalue weighted by atomic mass is 16.1. The second-order valence-electron chi connectivity index (χ2n) is 7.07. The summed E-state index contributed by atoms with van der Waals surface area (Å²) < 4.78 is 0. The number of carbonyl (C=O) groups excluding carboxylic acids is 3. The molecule has 3 N–H and O–H groups in total. The fourth-order valence-corrected chi connectivity index (χ4v) is 3.36. The normalized spacial score (nSPS) is 13.1. The minimum atomic E-state index is -0.278. The van der Waals surface area contributed by atoms with Crippen molar-refractivity contribution in [1.82, 2.24) is 10.3 Å². The number of aromatic nitrogens is 1. The van der Waals surface area contributed by atoms with Gasteiger partial charge in [-0.05, 0) is 45.4 Å². The van der Waals surface area contributed by atoms with Gasteiger partial charge in [0.2, 0.25) is 5.78 Å². The van der Waals surface area contributed by atoms with Crippen LogP contribution < -0.4 is 10.2 Å². The van der Waals surface area contributed by atoms with Crippen LogP contribution in [-0.4, -0.2) is 42.6 Å². The van der Waals surface area contributed by atoms with Crippen LogP contribution >= 0.6 is 0 Å².